The molecule has 0 aromatic rings. The Labute approximate surface area is 130 Å². The third kappa shape index (κ3) is 3.37. The molecule has 0 aliphatic heterocycles. The molecule has 2 aliphatic carbocycles. The summed E-state index contributed by atoms with van der Waals surface area (Å²) in [6.07, 6.45) is 9.89. The highest BCUT2D eigenvalue weighted by molar-refractivity contribution is 5.05. The first kappa shape index (κ1) is 17.0. The zero-order valence-corrected chi connectivity index (χ0v) is 14.4. The van der Waals surface area contributed by atoms with E-state index in [0.717, 1.165) is 25.2 Å². The van der Waals surface area contributed by atoms with Gasteiger partial charge in [-0.1, -0.05) is 38.8 Å². The highest BCUT2D eigenvalue weighted by atomic mass is 16.3. The molecule has 2 rings (SSSR count). The molecule has 0 aromatic carbocycles. The summed E-state index contributed by atoms with van der Waals surface area (Å²) >= 11 is 0. The number of aliphatic hydroxyl groups is 2. The average molecular weight is 294 g/mol. The van der Waals surface area contributed by atoms with E-state index in [2.05, 4.69) is 27.7 Å². The predicted molar refractivity (Wildman–Crippen MR) is 88.0 cm³/mol. The number of aliphatic hydroxyl groups excluding tert-OH is 2. The van der Waals surface area contributed by atoms with Crippen LogP contribution in [0.25, 0.3) is 0 Å². The van der Waals surface area contributed by atoms with Crippen molar-refractivity contribution in [1.29, 1.82) is 0 Å². The second kappa shape index (κ2) is 6.42. The third-order valence-corrected chi connectivity index (χ3v) is 6.63. The minimum atomic E-state index is -0.137. The summed E-state index contributed by atoms with van der Waals surface area (Å²) in [4.78, 5) is 0. The molecule has 2 nitrogen and oxygen atoms in total. The Hall–Kier alpha value is -0.340. The van der Waals surface area contributed by atoms with Crippen LogP contribution in [0.1, 0.15) is 72.6 Å². The molecule has 2 N–H and O–H groups in total. The van der Waals surface area contributed by atoms with Crippen molar-refractivity contribution in [2.45, 2.75) is 78.7 Å². The quantitative estimate of drug-likeness (QED) is 0.759. The third-order valence-electron chi connectivity index (χ3n) is 6.63. The lowest BCUT2D eigenvalue weighted by Gasteiger charge is -2.58. The number of hydrogen-bond acceptors (Lipinski definition) is 2. The van der Waals surface area contributed by atoms with Gasteiger partial charge in [0.2, 0.25) is 0 Å². The van der Waals surface area contributed by atoms with Crippen LogP contribution in [0.4, 0.5) is 0 Å². The van der Waals surface area contributed by atoms with Crippen molar-refractivity contribution >= 4 is 0 Å². The van der Waals surface area contributed by atoms with Gasteiger partial charge in [0.25, 0.3) is 0 Å². The summed E-state index contributed by atoms with van der Waals surface area (Å²) in [7, 11) is 0. The molecule has 2 heteroatoms. The van der Waals surface area contributed by atoms with Crippen LogP contribution < -0.4 is 0 Å². The van der Waals surface area contributed by atoms with Crippen molar-refractivity contribution < 1.29 is 10.2 Å². The largest absolute Gasteiger partial charge is 0.393 e. The highest BCUT2D eigenvalue weighted by Crippen LogP contribution is 2.60. The lowest BCUT2D eigenvalue weighted by Crippen LogP contribution is -2.53. The van der Waals surface area contributed by atoms with E-state index in [4.69, 9.17) is 5.11 Å². The van der Waals surface area contributed by atoms with Crippen molar-refractivity contribution in [2.24, 2.45) is 22.7 Å². The summed E-state index contributed by atoms with van der Waals surface area (Å²) in [5.74, 6) is 1.16. The Morgan fingerprint density at radius 2 is 1.90 bits per heavy atom. The Kier molecular flexibility index (Phi) is 5.20. The lowest BCUT2D eigenvalue weighted by molar-refractivity contribution is -0.125. The summed E-state index contributed by atoms with van der Waals surface area (Å²) < 4.78 is 0. The number of rotatable bonds is 4. The van der Waals surface area contributed by atoms with E-state index in [0.29, 0.717) is 16.7 Å². The highest BCUT2D eigenvalue weighted by Gasteiger charge is 2.53. The fourth-order valence-corrected chi connectivity index (χ4v) is 5.47. The molecule has 0 bridgehead atoms. The van der Waals surface area contributed by atoms with Crippen molar-refractivity contribution in [3.05, 3.63) is 11.6 Å². The number of hydrogen-bond donors (Lipinski definition) is 2. The number of allylic oxidation sites excluding steroid dienone is 1. The topological polar surface area (TPSA) is 40.5 Å². The van der Waals surface area contributed by atoms with Crippen LogP contribution in [0.15, 0.2) is 11.6 Å². The van der Waals surface area contributed by atoms with Crippen LogP contribution in [-0.2, 0) is 0 Å². The van der Waals surface area contributed by atoms with E-state index < -0.39 is 0 Å². The van der Waals surface area contributed by atoms with Gasteiger partial charge < -0.3 is 10.2 Å². The summed E-state index contributed by atoms with van der Waals surface area (Å²) in [5.41, 5.74) is 1.96. The zero-order valence-electron chi connectivity index (χ0n) is 14.4. The van der Waals surface area contributed by atoms with Crippen LogP contribution in [0.2, 0.25) is 0 Å². The molecule has 0 amide bonds. The molecule has 122 valence electrons. The molecular weight excluding hydrogens is 260 g/mol. The van der Waals surface area contributed by atoms with Crippen LogP contribution in [0.3, 0.4) is 0 Å². The van der Waals surface area contributed by atoms with E-state index in [-0.39, 0.29) is 12.7 Å². The minimum absolute atomic E-state index is 0.131. The van der Waals surface area contributed by atoms with Gasteiger partial charge in [-0.05, 0) is 68.1 Å². The fourth-order valence-electron chi connectivity index (χ4n) is 5.47. The molecule has 2 fully saturated rings. The van der Waals surface area contributed by atoms with Gasteiger partial charge in [0.15, 0.2) is 0 Å². The second-order valence-corrected chi connectivity index (χ2v) is 8.42. The predicted octanol–water partition coefficient (Wildman–Crippen LogP) is 4.31. The van der Waals surface area contributed by atoms with E-state index in [1.165, 1.54) is 31.3 Å². The SMILES string of the molecule is C/C(=C\CO)CC[C@H]1[C@@H](O)CC[C@H]2C(C)(C)CCC[C@]12C. The van der Waals surface area contributed by atoms with Gasteiger partial charge in [-0.2, -0.15) is 0 Å². The van der Waals surface area contributed by atoms with Gasteiger partial charge in [-0.15, -0.1) is 0 Å². The maximum atomic E-state index is 10.6. The van der Waals surface area contributed by atoms with Gasteiger partial charge in [-0.3, -0.25) is 0 Å². The summed E-state index contributed by atoms with van der Waals surface area (Å²) in [5, 5.41) is 19.6. The molecule has 0 saturated heterocycles. The summed E-state index contributed by atoms with van der Waals surface area (Å²) in [6, 6.07) is 0. The van der Waals surface area contributed by atoms with Crippen LogP contribution in [-0.4, -0.2) is 22.9 Å². The molecule has 0 spiro atoms. The van der Waals surface area contributed by atoms with Crippen molar-refractivity contribution in [2.75, 3.05) is 6.61 Å². The monoisotopic (exact) mass is 294 g/mol. The molecule has 0 unspecified atom stereocenters. The maximum Gasteiger partial charge on any atom is 0.0614 e. The minimum Gasteiger partial charge on any atom is -0.393 e. The van der Waals surface area contributed by atoms with Gasteiger partial charge >= 0.3 is 0 Å². The van der Waals surface area contributed by atoms with Crippen LogP contribution in [0.5, 0.6) is 0 Å². The smallest absolute Gasteiger partial charge is 0.0614 e. The molecule has 2 saturated carbocycles. The molecular formula is C19H34O2. The van der Waals surface area contributed by atoms with Gasteiger partial charge in [0, 0.05) is 0 Å². The number of fused-ring (bicyclic) bond motifs is 1. The molecule has 21 heavy (non-hydrogen) atoms. The average Bonchev–Trinajstić information content (AvgIpc) is 2.37. The first-order valence-electron chi connectivity index (χ1n) is 8.76. The zero-order chi connectivity index (χ0) is 15.7. The Morgan fingerprint density at radius 1 is 1.19 bits per heavy atom. The Balaban J connectivity index is 2.15. The van der Waals surface area contributed by atoms with Crippen molar-refractivity contribution in [1.82, 2.24) is 0 Å². The summed E-state index contributed by atoms with van der Waals surface area (Å²) in [6.45, 7) is 9.53. The van der Waals surface area contributed by atoms with Gasteiger partial charge in [0.05, 0.1) is 12.7 Å². The van der Waals surface area contributed by atoms with E-state index in [1.807, 2.05) is 6.08 Å². The second-order valence-electron chi connectivity index (χ2n) is 8.42. The molecule has 2 aliphatic rings. The van der Waals surface area contributed by atoms with Crippen LogP contribution >= 0.6 is 0 Å². The Morgan fingerprint density at radius 3 is 2.57 bits per heavy atom. The van der Waals surface area contributed by atoms with Crippen molar-refractivity contribution in [3.8, 4) is 0 Å². The van der Waals surface area contributed by atoms with Gasteiger partial charge in [-0.25, -0.2) is 0 Å². The first-order valence-corrected chi connectivity index (χ1v) is 8.76. The van der Waals surface area contributed by atoms with E-state index in [9.17, 15) is 5.11 Å². The normalized spacial score (nSPS) is 39.9. The van der Waals surface area contributed by atoms with E-state index in [1.54, 1.807) is 0 Å². The lowest BCUT2D eigenvalue weighted by atomic mass is 9.47. The molecule has 4 atom stereocenters. The standard InChI is InChI=1S/C19H34O2/c1-14(10-13-20)6-7-15-16(21)8-9-17-18(2,3)11-5-12-19(15,17)4/h10,15-17,20-21H,5-9,11-13H2,1-4H3/b14-10+/t15-,16-,17-,19+/m0/s1. The van der Waals surface area contributed by atoms with Crippen LogP contribution in [0, 0.1) is 22.7 Å². The van der Waals surface area contributed by atoms with Gasteiger partial charge in [0.1, 0.15) is 0 Å². The molecule has 0 heterocycles. The molecule has 0 aromatic heterocycles. The van der Waals surface area contributed by atoms with E-state index >= 15 is 0 Å². The maximum absolute atomic E-state index is 10.6. The first-order chi connectivity index (χ1) is 9.81. The Bertz CT molecular complexity index is 385. The van der Waals surface area contributed by atoms with Crippen molar-refractivity contribution in [3.63, 3.8) is 0 Å². The molecule has 0 radical (unpaired) electrons. The fraction of sp³-hybridized carbons (Fsp3) is 0.895.